The maximum absolute atomic E-state index is 15.0. The minimum Gasteiger partial charge on any atom is -0.370 e. The van der Waals surface area contributed by atoms with E-state index in [1.54, 1.807) is 45.0 Å². The summed E-state index contributed by atoms with van der Waals surface area (Å²) < 4.78 is 0. The lowest BCUT2D eigenvalue weighted by Gasteiger charge is -2.28. The molecule has 0 spiro atoms. The van der Waals surface area contributed by atoms with Crippen molar-refractivity contribution in [2.75, 3.05) is 105 Å². The number of likely N-dealkylation sites (tertiary alicyclic amines) is 3. The Labute approximate surface area is 750 Å². The van der Waals surface area contributed by atoms with Gasteiger partial charge >= 0.3 is 0 Å². The molecule has 14 amide bonds. The van der Waals surface area contributed by atoms with E-state index in [9.17, 15) is 62.3 Å². The van der Waals surface area contributed by atoms with Crippen molar-refractivity contribution in [1.82, 2.24) is 110 Å². The summed E-state index contributed by atoms with van der Waals surface area (Å²) in [7, 11) is 0. The van der Waals surface area contributed by atoms with Crippen LogP contribution in [0, 0.1) is 32.5 Å². The van der Waals surface area contributed by atoms with E-state index in [-0.39, 0.29) is 211 Å². The van der Waals surface area contributed by atoms with E-state index < -0.39 is 187 Å². The standard InChI is InChI=1S/C78H141N37O14/c1-45(116)103-56(37-46-15-3-2-4-16-46)63(120)102-41-62(119)104-47-38-58(114(42-47)35-13-31-100-77(91)92)71(128)111-51(18-6-8-26-80)67(124)107-50(17-5-7-25-79)66(123)108-52(19-9-27-96-73(83)84)65(122)106-49-40-59(115(44-49)36-14-32-101-78(93)94)72(129)112-55(22-23-60(81)117)69(126)110-54(21-11-29-98-75(87)88)68(125)109-53(20-10-28-97-74(85)86)64(121)105-48-39-57(70(127)95-33-24-61(82)118)113(43-48)34-12-30-99-76(89)90/h2-4,15-16,47-59H,5-14,17-44,79-80H2,1H3,(H2,81,117)(H2,82,118)(H,95,127)(H,102,120)(H,103,116)(H,104,119)(H,105,121)(H,106,122)(H,107,124)(H,108,123)(H,109,125)(H,110,126)(H,111,128)(H,112,129)(H4,83,84,96)(H4,85,86,97)(H4,87,88,98)(H4,89,90,99)(H4,91,92,100)(H4,93,94,101)/t47-,48-,49-,50-,51-,52-,53-,54-,55-,56-,57-,58-,59-/m0/s1. The highest BCUT2D eigenvalue weighted by atomic mass is 16.2. The molecule has 51 heteroatoms. The van der Waals surface area contributed by atoms with Crippen molar-refractivity contribution < 1.29 is 67.1 Å². The normalized spacial score (nSPS) is 18.2. The first-order valence-corrected chi connectivity index (χ1v) is 43.6. The van der Waals surface area contributed by atoms with Gasteiger partial charge in [-0.25, -0.2) is 0 Å². The molecule has 0 unspecified atom stereocenters. The monoisotopic (exact) mass is 1820 g/mol. The fraction of sp³-hybridized carbons (Fsp3) is 0.667. The summed E-state index contributed by atoms with van der Waals surface area (Å²) in [5, 5.41) is 95.6. The third-order valence-corrected chi connectivity index (χ3v) is 21.4. The van der Waals surface area contributed by atoms with Crippen LogP contribution in [0.2, 0.25) is 0 Å². The molecule has 0 aromatic heterocycles. The fourth-order valence-electron chi connectivity index (χ4n) is 15.1. The Hall–Kier alpha value is -12.8. The molecule has 0 aliphatic carbocycles. The summed E-state index contributed by atoms with van der Waals surface area (Å²) in [5.41, 5.74) is 57.0. The molecule has 0 radical (unpaired) electrons. The Morgan fingerprint density at radius 3 is 1.02 bits per heavy atom. The molecule has 3 saturated heterocycles. The van der Waals surface area contributed by atoms with Gasteiger partial charge in [0.1, 0.15) is 42.3 Å². The van der Waals surface area contributed by atoms with E-state index in [0.29, 0.717) is 45.1 Å². The quantitative estimate of drug-likeness (QED) is 0.0164. The van der Waals surface area contributed by atoms with Gasteiger partial charge in [0.2, 0.25) is 82.7 Å². The second-order valence-electron chi connectivity index (χ2n) is 32.1. The van der Waals surface area contributed by atoms with Gasteiger partial charge in [-0.1, -0.05) is 30.3 Å². The summed E-state index contributed by atoms with van der Waals surface area (Å²) in [4.78, 5) is 201. The Balaban J connectivity index is 1.63. The van der Waals surface area contributed by atoms with E-state index in [0.717, 1.165) is 5.56 Å². The maximum atomic E-state index is 15.0. The third-order valence-electron chi connectivity index (χ3n) is 21.4. The zero-order valence-corrected chi connectivity index (χ0v) is 73.6. The van der Waals surface area contributed by atoms with Gasteiger partial charge in [0.15, 0.2) is 35.8 Å². The molecule has 3 heterocycles. The zero-order chi connectivity index (χ0) is 95.5. The van der Waals surface area contributed by atoms with Crippen molar-refractivity contribution in [1.29, 1.82) is 32.5 Å². The van der Waals surface area contributed by atoms with Crippen LogP contribution in [-0.4, -0.2) is 316 Å². The van der Waals surface area contributed by atoms with Gasteiger partial charge in [-0.3, -0.25) is 114 Å². The van der Waals surface area contributed by atoms with Crippen molar-refractivity contribution >= 4 is 118 Å². The minimum atomic E-state index is -1.60. The average Bonchev–Trinajstić information content (AvgIpc) is 1.81. The van der Waals surface area contributed by atoms with Gasteiger partial charge in [-0.05, 0) is 141 Å². The molecular weight excluding hydrogens is 1680 g/mol. The fourth-order valence-corrected chi connectivity index (χ4v) is 15.1. The van der Waals surface area contributed by atoms with Crippen LogP contribution in [0.15, 0.2) is 30.3 Å². The highest BCUT2D eigenvalue weighted by Gasteiger charge is 2.44. The smallest absolute Gasteiger partial charge is 0.243 e. The number of hydrogen-bond donors (Lipinski definition) is 34. The molecule has 3 aliphatic heterocycles. The van der Waals surface area contributed by atoms with Gasteiger partial charge in [0, 0.05) is 129 Å². The second-order valence-corrected chi connectivity index (χ2v) is 32.1. The van der Waals surface area contributed by atoms with E-state index in [2.05, 4.69) is 95.7 Å². The lowest BCUT2D eigenvalue weighted by Crippen LogP contribution is -2.58. The number of nitrogens with zero attached hydrogens (tertiary/aromatic N) is 3. The third kappa shape index (κ3) is 44.0. The molecule has 0 saturated carbocycles. The number of nitrogens with one attached hydrogen (secondary N) is 24. The first-order chi connectivity index (χ1) is 61.4. The van der Waals surface area contributed by atoms with Crippen LogP contribution in [0.3, 0.4) is 0 Å². The summed E-state index contributed by atoms with van der Waals surface area (Å²) in [5.74, 6) is -12.0. The average molecular weight is 1820 g/mol. The Bertz CT molecular complexity index is 3910. The first-order valence-electron chi connectivity index (χ1n) is 43.6. The Morgan fingerprint density at radius 1 is 0.341 bits per heavy atom. The van der Waals surface area contributed by atoms with E-state index in [1.807, 2.05) is 0 Å². The first kappa shape index (κ1) is 109. The summed E-state index contributed by atoms with van der Waals surface area (Å²) in [6, 6.07) is -5.65. The van der Waals surface area contributed by atoms with Crippen LogP contribution >= 0.6 is 0 Å². The molecular formula is C78H141N37O14. The SMILES string of the molecule is CC(=O)N[C@@H](Cc1ccccc1)C(=O)NCC(=O)N[C@H]1C[C@@H](C(=O)N[C@@H](CCCCN)C(=O)N[C@@H](CCCCN)C(=O)N[C@@H](CCCNC(=N)N)C(=O)N[C@H]2C[C@@H](C(=O)N[C@@H](CCC(N)=O)C(=O)N[C@@H](CCCNC(=N)N)C(=O)N[C@@H](CCCNC(=N)N)C(=O)N[C@H]3C[C@@H](C(=O)NCCC(N)=O)N(CCCNC(=N)N)C3)N(CCCNC(=N)N)C2)N(CCCNC(=N)N)C1. The molecule has 3 aliphatic rings. The van der Waals surface area contributed by atoms with E-state index in [1.165, 1.54) is 6.92 Å². The minimum absolute atomic E-state index is 0.00848. The Morgan fingerprint density at radius 2 is 0.667 bits per heavy atom. The van der Waals surface area contributed by atoms with E-state index >= 15 is 4.79 Å². The van der Waals surface area contributed by atoms with Crippen molar-refractivity contribution in [3.8, 4) is 0 Å². The lowest BCUT2D eigenvalue weighted by atomic mass is 10.0. The molecule has 4 rings (SSSR count). The molecule has 0 bridgehead atoms. The molecule has 1 aromatic rings. The second kappa shape index (κ2) is 59.3. The van der Waals surface area contributed by atoms with Gasteiger partial charge in [0.05, 0.1) is 24.7 Å². The number of hydrogen-bond acceptors (Lipinski definition) is 25. The van der Waals surface area contributed by atoms with E-state index in [4.69, 9.17) is 89.8 Å². The van der Waals surface area contributed by atoms with Crippen LogP contribution in [0.5, 0.6) is 0 Å². The number of unbranched alkanes of at least 4 members (excludes halogenated alkanes) is 2. The molecule has 13 atom stereocenters. The highest BCUT2D eigenvalue weighted by Crippen LogP contribution is 2.24. The molecule has 51 nitrogen and oxygen atoms in total. The van der Waals surface area contributed by atoms with Crippen molar-refractivity contribution in [3.63, 3.8) is 0 Å². The van der Waals surface area contributed by atoms with Crippen LogP contribution in [0.25, 0.3) is 0 Å². The van der Waals surface area contributed by atoms with Crippen LogP contribution in [-0.2, 0) is 73.5 Å². The number of carbonyl (C=O) groups excluding carboxylic acids is 14. The summed E-state index contributed by atoms with van der Waals surface area (Å²) in [6.45, 7) is 2.94. The number of nitrogens with two attached hydrogens (primary N) is 10. The van der Waals surface area contributed by atoms with Crippen molar-refractivity contribution in [3.05, 3.63) is 35.9 Å². The lowest BCUT2D eigenvalue weighted by molar-refractivity contribution is -0.135. The van der Waals surface area contributed by atoms with Gasteiger partial charge in [-0.15, -0.1) is 0 Å². The summed E-state index contributed by atoms with van der Waals surface area (Å²) >= 11 is 0. The summed E-state index contributed by atoms with van der Waals surface area (Å²) in [6.07, 6.45) is 1.69. The van der Waals surface area contributed by atoms with Gasteiger partial charge in [0.25, 0.3) is 0 Å². The van der Waals surface area contributed by atoms with Gasteiger partial charge in [-0.2, -0.15) is 0 Å². The zero-order valence-electron chi connectivity index (χ0n) is 73.6. The van der Waals surface area contributed by atoms with Crippen LogP contribution in [0.1, 0.15) is 147 Å². The van der Waals surface area contributed by atoms with Crippen molar-refractivity contribution in [2.24, 2.45) is 57.3 Å². The molecule has 1 aromatic carbocycles. The number of guanidine groups is 6. The predicted octanol–water partition coefficient (Wildman–Crippen LogP) is -11.6. The molecule has 129 heavy (non-hydrogen) atoms. The Kier molecular flexibility index (Phi) is 49.9. The van der Waals surface area contributed by atoms with Crippen LogP contribution < -0.4 is 153 Å². The highest BCUT2D eigenvalue weighted by molar-refractivity contribution is 5.98. The number of carbonyl (C=O) groups is 14. The molecule has 44 N–H and O–H groups in total. The number of rotatable bonds is 62. The molecule has 722 valence electrons. The largest absolute Gasteiger partial charge is 0.370 e. The number of amides is 14. The number of benzene rings is 1. The predicted molar refractivity (Wildman–Crippen MR) is 480 cm³/mol. The van der Waals surface area contributed by atoms with Crippen LogP contribution in [0.4, 0.5) is 0 Å². The van der Waals surface area contributed by atoms with Crippen molar-refractivity contribution in [2.45, 2.75) is 227 Å². The topological polar surface area (TPSA) is 869 Å². The van der Waals surface area contributed by atoms with Gasteiger partial charge < -0.3 is 153 Å². The number of primary amides is 2. The maximum Gasteiger partial charge on any atom is 0.243 e. The molecule has 3 fully saturated rings.